The number of rotatable bonds is 4. The van der Waals surface area contributed by atoms with Gasteiger partial charge in [0.2, 0.25) is 0 Å². The number of benzene rings is 3. The predicted molar refractivity (Wildman–Crippen MR) is 111 cm³/mol. The highest BCUT2D eigenvalue weighted by atomic mass is 15.5. The molecule has 0 saturated carbocycles. The van der Waals surface area contributed by atoms with Crippen LogP contribution >= 0.6 is 0 Å². The Labute approximate surface area is 160 Å². The molecule has 0 amide bonds. The van der Waals surface area contributed by atoms with Crippen LogP contribution in [0.25, 0.3) is 0 Å². The average molecular weight is 353 g/mol. The van der Waals surface area contributed by atoms with E-state index < -0.39 is 0 Å². The zero-order valence-corrected chi connectivity index (χ0v) is 15.7. The van der Waals surface area contributed by atoms with Crippen LogP contribution < -0.4 is 4.90 Å². The van der Waals surface area contributed by atoms with Crippen molar-refractivity contribution in [3.05, 3.63) is 102 Å². The number of anilines is 1. The molecule has 0 aliphatic carbocycles. The summed E-state index contributed by atoms with van der Waals surface area (Å²) in [6.07, 6.45) is 0.0895. The monoisotopic (exact) mass is 353 g/mol. The lowest BCUT2D eigenvalue weighted by atomic mass is 10.0. The highest BCUT2D eigenvalue weighted by molar-refractivity contribution is 6.08. The first kappa shape index (κ1) is 16.3. The van der Waals surface area contributed by atoms with Gasteiger partial charge in [-0.1, -0.05) is 72.8 Å². The number of nitrogens with zero attached hydrogens (tertiary/aromatic N) is 3. The van der Waals surface area contributed by atoms with Crippen molar-refractivity contribution in [3.8, 4) is 0 Å². The molecule has 1 saturated heterocycles. The SMILES string of the molecule is CN(C)c1ccc([C@H]2N=C(c3ccccc3)[C@@H]3[C@@H](c4ccccc4)N23)cc1. The maximum Gasteiger partial charge on any atom is 0.129 e. The van der Waals surface area contributed by atoms with Crippen LogP contribution in [0.4, 0.5) is 5.69 Å². The Balaban J connectivity index is 1.53. The third-order valence-electron chi connectivity index (χ3n) is 5.59. The highest BCUT2D eigenvalue weighted by Gasteiger charge is 2.59. The second-order valence-corrected chi connectivity index (χ2v) is 7.49. The smallest absolute Gasteiger partial charge is 0.129 e. The Morgan fingerprint density at radius 2 is 1.33 bits per heavy atom. The van der Waals surface area contributed by atoms with Gasteiger partial charge in [0.25, 0.3) is 0 Å². The van der Waals surface area contributed by atoms with Crippen molar-refractivity contribution < 1.29 is 0 Å². The van der Waals surface area contributed by atoms with E-state index in [-0.39, 0.29) is 6.17 Å². The van der Waals surface area contributed by atoms with E-state index in [4.69, 9.17) is 4.99 Å². The molecule has 0 radical (unpaired) electrons. The van der Waals surface area contributed by atoms with Gasteiger partial charge < -0.3 is 4.90 Å². The van der Waals surface area contributed by atoms with E-state index in [9.17, 15) is 0 Å². The zero-order valence-electron chi connectivity index (χ0n) is 15.7. The van der Waals surface area contributed by atoms with Gasteiger partial charge in [-0.05, 0) is 28.8 Å². The fraction of sp³-hybridized carbons (Fsp3) is 0.208. The minimum Gasteiger partial charge on any atom is -0.378 e. The van der Waals surface area contributed by atoms with Crippen LogP contribution in [0, 0.1) is 0 Å². The molecule has 134 valence electrons. The molecule has 0 bridgehead atoms. The molecule has 2 aliphatic rings. The van der Waals surface area contributed by atoms with Gasteiger partial charge in [0, 0.05) is 19.8 Å². The Morgan fingerprint density at radius 3 is 1.96 bits per heavy atom. The van der Waals surface area contributed by atoms with Gasteiger partial charge >= 0.3 is 0 Å². The lowest BCUT2D eigenvalue weighted by molar-refractivity contribution is 0.404. The summed E-state index contributed by atoms with van der Waals surface area (Å²) in [5.74, 6) is 0. The van der Waals surface area contributed by atoms with Gasteiger partial charge in [-0.2, -0.15) is 0 Å². The molecule has 0 spiro atoms. The van der Waals surface area contributed by atoms with Crippen molar-refractivity contribution >= 4 is 11.4 Å². The molecule has 2 heterocycles. The van der Waals surface area contributed by atoms with Crippen LogP contribution in [-0.2, 0) is 0 Å². The summed E-state index contributed by atoms with van der Waals surface area (Å²) < 4.78 is 0. The molecule has 3 aromatic rings. The van der Waals surface area contributed by atoms with Gasteiger partial charge in [-0.25, -0.2) is 0 Å². The van der Waals surface area contributed by atoms with Gasteiger partial charge in [0.15, 0.2) is 0 Å². The first-order chi connectivity index (χ1) is 13.2. The first-order valence-electron chi connectivity index (χ1n) is 9.47. The molecule has 4 atom stereocenters. The van der Waals surface area contributed by atoms with Gasteiger partial charge in [-0.15, -0.1) is 0 Å². The summed E-state index contributed by atoms with van der Waals surface area (Å²) in [6, 6.07) is 31.0. The number of aliphatic imine (C=N–C) groups is 1. The van der Waals surface area contributed by atoms with E-state index in [1.165, 1.54) is 28.1 Å². The molecule has 3 heteroatoms. The first-order valence-corrected chi connectivity index (χ1v) is 9.47. The standard InChI is InChI=1S/C24H23N3/c1-26(2)20-15-13-19(14-16-20)24-25-21(17-9-5-3-6-10-17)23-22(27(23)24)18-11-7-4-8-12-18/h3-16,22-24H,1-2H3/t22-,23-,24+,27?/m1/s1. The van der Waals surface area contributed by atoms with Crippen molar-refractivity contribution in [2.24, 2.45) is 4.99 Å². The lowest BCUT2D eigenvalue weighted by Crippen LogP contribution is -2.10. The average Bonchev–Trinajstić information content (AvgIpc) is 3.33. The van der Waals surface area contributed by atoms with Crippen LogP contribution in [0.1, 0.15) is 28.9 Å². The molecular formula is C24H23N3. The molecule has 0 N–H and O–H groups in total. The van der Waals surface area contributed by atoms with Crippen LogP contribution in [0.15, 0.2) is 89.9 Å². The normalized spacial score (nSPS) is 25.6. The van der Waals surface area contributed by atoms with Crippen molar-refractivity contribution in [1.82, 2.24) is 4.90 Å². The molecule has 1 unspecified atom stereocenters. The Bertz CT molecular complexity index is 962. The van der Waals surface area contributed by atoms with E-state index in [0.717, 1.165) is 0 Å². The van der Waals surface area contributed by atoms with E-state index in [1.807, 2.05) is 0 Å². The lowest BCUT2D eigenvalue weighted by Gasteiger charge is -2.17. The molecular weight excluding hydrogens is 330 g/mol. The summed E-state index contributed by atoms with van der Waals surface area (Å²) >= 11 is 0. The van der Waals surface area contributed by atoms with Crippen LogP contribution in [0.2, 0.25) is 0 Å². The second kappa shape index (κ2) is 6.36. The topological polar surface area (TPSA) is 18.6 Å². The Kier molecular flexibility index (Phi) is 3.83. The fourth-order valence-corrected chi connectivity index (χ4v) is 4.17. The molecule has 3 nitrogen and oxygen atoms in total. The van der Waals surface area contributed by atoms with Gasteiger partial charge in [0.1, 0.15) is 6.17 Å². The third-order valence-corrected chi connectivity index (χ3v) is 5.59. The van der Waals surface area contributed by atoms with Gasteiger partial charge in [-0.3, -0.25) is 9.89 Å². The van der Waals surface area contributed by atoms with Gasteiger partial charge in [0.05, 0.1) is 17.8 Å². The molecule has 3 aromatic carbocycles. The predicted octanol–water partition coefficient (Wildman–Crippen LogP) is 4.68. The Morgan fingerprint density at radius 1 is 0.704 bits per heavy atom. The molecule has 5 rings (SSSR count). The van der Waals surface area contributed by atoms with Crippen molar-refractivity contribution in [2.45, 2.75) is 18.2 Å². The molecule has 27 heavy (non-hydrogen) atoms. The molecule has 1 fully saturated rings. The van der Waals surface area contributed by atoms with Crippen molar-refractivity contribution in [2.75, 3.05) is 19.0 Å². The molecule has 0 aromatic heterocycles. The quantitative estimate of drug-likeness (QED) is 0.634. The minimum atomic E-state index is 0.0895. The largest absolute Gasteiger partial charge is 0.378 e. The summed E-state index contributed by atoms with van der Waals surface area (Å²) in [4.78, 5) is 9.80. The van der Waals surface area contributed by atoms with Crippen molar-refractivity contribution in [3.63, 3.8) is 0 Å². The number of hydrogen-bond donors (Lipinski definition) is 0. The van der Waals surface area contributed by atoms with Crippen LogP contribution in [0.5, 0.6) is 0 Å². The van der Waals surface area contributed by atoms with Crippen molar-refractivity contribution in [1.29, 1.82) is 0 Å². The van der Waals surface area contributed by atoms with E-state index >= 15 is 0 Å². The minimum absolute atomic E-state index is 0.0895. The zero-order chi connectivity index (χ0) is 18.4. The van der Waals surface area contributed by atoms with E-state index in [0.29, 0.717) is 12.1 Å². The van der Waals surface area contributed by atoms with Crippen LogP contribution in [0.3, 0.4) is 0 Å². The summed E-state index contributed by atoms with van der Waals surface area (Å²) in [6.45, 7) is 0. The number of fused-ring (bicyclic) bond motifs is 1. The Hall–Kier alpha value is -2.91. The fourth-order valence-electron chi connectivity index (χ4n) is 4.17. The molecule has 2 aliphatic heterocycles. The summed E-state index contributed by atoms with van der Waals surface area (Å²) in [5.41, 5.74) is 6.30. The third kappa shape index (κ3) is 2.75. The maximum absolute atomic E-state index is 5.14. The number of hydrogen-bond acceptors (Lipinski definition) is 3. The van der Waals surface area contributed by atoms with E-state index in [2.05, 4.69) is 109 Å². The summed E-state index contributed by atoms with van der Waals surface area (Å²) in [7, 11) is 4.14. The van der Waals surface area contributed by atoms with E-state index in [1.54, 1.807) is 0 Å². The summed E-state index contributed by atoms with van der Waals surface area (Å²) in [5, 5.41) is 0. The second-order valence-electron chi connectivity index (χ2n) is 7.49. The highest BCUT2D eigenvalue weighted by Crippen LogP contribution is 2.55. The maximum atomic E-state index is 5.14. The van der Waals surface area contributed by atoms with Crippen LogP contribution in [-0.4, -0.2) is 30.7 Å².